The molecule has 6 heteroatoms. The summed E-state index contributed by atoms with van der Waals surface area (Å²) >= 11 is 6.12. The molecule has 0 saturated carbocycles. The molecule has 1 atom stereocenters. The van der Waals surface area contributed by atoms with Crippen LogP contribution in [0.1, 0.15) is 12.0 Å². The van der Waals surface area contributed by atoms with E-state index in [1.807, 2.05) is 29.2 Å². The van der Waals surface area contributed by atoms with Gasteiger partial charge in [-0.2, -0.15) is 0 Å². The molecule has 1 aromatic carbocycles. The van der Waals surface area contributed by atoms with Crippen molar-refractivity contribution in [1.29, 1.82) is 0 Å². The van der Waals surface area contributed by atoms with Crippen molar-refractivity contribution in [1.82, 2.24) is 4.90 Å². The third-order valence-electron chi connectivity index (χ3n) is 3.44. The molecule has 1 aliphatic heterocycles. The van der Waals surface area contributed by atoms with Crippen LogP contribution in [0.15, 0.2) is 24.3 Å². The SMILES string of the molecule is O=S1(=O)CC[C@@H](N(CCO)Cc2ccccc2Cl)C1. The van der Waals surface area contributed by atoms with E-state index in [4.69, 9.17) is 16.7 Å². The van der Waals surface area contributed by atoms with Crippen LogP contribution in [0.3, 0.4) is 0 Å². The fourth-order valence-electron chi connectivity index (χ4n) is 2.43. The zero-order valence-electron chi connectivity index (χ0n) is 10.6. The molecule has 1 fully saturated rings. The molecule has 1 aliphatic rings. The van der Waals surface area contributed by atoms with Gasteiger partial charge < -0.3 is 5.11 Å². The van der Waals surface area contributed by atoms with Crippen molar-refractivity contribution in [2.24, 2.45) is 0 Å². The van der Waals surface area contributed by atoms with Crippen LogP contribution in [0.25, 0.3) is 0 Å². The van der Waals surface area contributed by atoms with Gasteiger partial charge in [0, 0.05) is 24.2 Å². The lowest BCUT2D eigenvalue weighted by Gasteiger charge is -2.27. The fourth-order valence-corrected chi connectivity index (χ4v) is 4.39. The quantitative estimate of drug-likeness (QED) is 0.891. The highest BCUT2D eigenvalue weighted by Gasteiger charge is 2.32. The summed E-state index contributed by atoms with van der Waals surface area (Å²) < 4.78 is 23.1. The second-order valence-corrected chi connectivity index (χ2v) is 7.48. The second-order valence-electron chi connectivity index (χ2n) is 4.84. The summed E-state index contributed by atoms with van der Waals surface area (Å²) in [6.45, 7) is 1.05. The molecule has 1 heterocycles. The lowest BCUT2D eigenvalue weighted by molar-refractivity contribution is 0.154. The molecule has 106 valence electrons. The average Bonchev–Trinajstić information content (AvgIpc) is 2.72. The largest absolute Gasteiger partial charge is 0.395 e. The first-order chi connectivity index (χ1) is 9.02. The molecule has 1 N–H and O–H groups in total. The summed E-state index contributed by atoms with van der Waals surface area (Å²) in [6.07, 6.45) is 0.632. The van der Waals surface area contributed by atoms with Gasteiger partial charge in [0.1, 0.15) is 0 Å². The summed E-state index contributed by atoms with van der Waals surface area (Å²) in [4.78, 5) is 2.01. The fraction of sp³-hybridized carbons (Fsp3) is 0.538. The molecule has 4 nitrogen and oxygen atoms in total. The summed E-state index contributed by atoms with van der Waals surface area (Å²) in [5, 5.41) is 9.82. The number of nitrogens with zero attached hydrogens (tertiary/aromatic N) is 1. The number of rotatable bonds is 5. The van der Waals surface area contributed by atoms with Crippen molar-refractivity contribution in [2.75, 3.05) is 24.7 Å². The topological polar surface area (TPSA) is 57.6 Å². The Morgan fingerprint density at radius 2 is 2.11 bits per heavy atom. The average molecular weight is 304 g/mol. The first-order valence-corrected chi connectivity index (χ1v) is 8.50. The predicted octanol–water partition coefficient (Wildman–Crippen LogP) is 1.32. The molecule has 0 unspecified atom stereocenters. The Hall–Kier alpha value is -0.620. The third-order valence-corrected chi connectivity index (χ3v) is 5.56. The van der Waals surface area contributed by atoms with Crippen LogP contribution in [-0.4, -0.2) is 49.1 Å². The van der Waals surface area contributed by atoms with E-state index < -0.39 is 9.84 Å². The summed E-state index contributed by atoms with van der Waals surface area (Å²) in [6, 6.07) is 7.50. The minimum Gasteiger partial charge on any atom is -0.395 e. The third kappa shape index (κ3) is 3.92. The molecule has 2 rings (SSSR count). The molecule has 1 aromatic rings. The van der Waals surface area contributed by atoms with Gasteiger partial charge in [0.25, 0.3) is 0 Å². The molecule has 19 heavy (non-hydrogen) atoms. The monoisotopic (exact) mass is 303 g/mol. The molecular weight excluding hydrogens is 286 g/mol. The van der Waals surface area contributed by atoms with Gasteiger partial charge in [0.15, 0.2) is 9.84 Å². The zero-order chi connectivity index (χ0) is 13.9. The van der Waals surface area contributed by atoms with E-state index in [-0.39, 0.29) is 24.2 Å². The van der Waals surface area contributed by atoms with Crippen LogP contribution < -0.4 is 0 Å². The van der Waals surface area contributed by atoms with E-state index in [0.29, 0.717) is 24.5 Å². The molecule has 0 radical (unpaired) electrons. The van der Waals surface area contributed by atoms with Crippen LogP contribution in [0.2, 0.25) is 5.02 Å². The van der Waals surface area contributed by atoms with Crippen LogP contribution >= 0.6 is 11.6 Å². The Morgan fingerprint density at radius 3 is 2.68 bits per heavy atom. The lowest BCUT2D eigenvalue weighted by atomic mass is 10.1. The maximum absolute atomic E-state index is 11.6. The molecule has 0 aromatic heterocycles. The van der Waals surface area contributed by atoms with E-state index in [0.717, 1.165) is 5.56 Å². The minimum absolute atomic E-state index is 0.0149. The van der Waals surface area contributed by atoms with E-state index >= 15 is 0 Å². The van der Waals surface area contributed by atoms with Crippen molar-refractivity contribution >= 4 is 21.4 Å². The maximum atomic E-state index is 11.6. The van der Waals surface area contributed by atoms with Crippen molar-refractivity contribution < 1.29 is 13.5 Å². The second kappa shape index (κ2) is 6.22. The Morgan fingerprint density at radius 1 is 1.37 bits per heavy atom. The summed E-state index contributed by atoms with van der Waals surface area (Å²) in [5.74, 6) is 0.416. The predicted molar refractivity (Wildman–Crippen MR) is 76.0 cm³/mol. The highest BCUT2D eigenvalue weighted by atomic mass is 35.5. The van der Waals surface area contributed by atoms with Gasteiger partial charge >= 0.3 is 0 Å². The zero-order valence-corrected chi connectivity index (χ0v) is 12.2. The Labute approximate surface area is 118 Å². The van der Waals surface area contributed by atoms with Crippen LogP contribution in [0.4, 0.5) is 0 Å². The van der Waals surface area contributed by atoms with Gasteiger partial charge in [-0.3, -0.25) is 4.90 Å². The summed E-state index contributed by atoms with van der Waals surface area (Å²) in [7, 11) is -2.92. The van der Waals surface area contributed by atoms with Crippen LogP contribution in [0, 0.1) is 0 Å². The van der Waals surface area contributed by atoms with Crippen molar-refractivity contribution in [2.45, 2.75) is 19.0 Å². The van der Waals surface area contributed by atoms with Crippen molar-refractivity contribution in [3.63, 3.8) is 0 Å². The first kappa shape index (κ1) is 14.8. The Kier molecular flexibility index (Phi) is 4.84. The number of aliphatic hydroxyl groups excluding tert-OH is 1. The van der Waals surface area contributed by atoms with Gasteiger partial charge in [-0.15, -0.1) is 0 Å². The van der Waals surface area contributed by atoms with Gasteiger partial charge in [0.05, 0.1) is 18.1 Å². The van der Waals surface area contributed by atoms with Gasteiger partial charge in [-0.1, -0.05) is 29.8 Å². The van der Waals surface area contributed by atoms with E-state index in [9.17, 15) is 8.42 Å². The highest BCUT2D eigenvalue weighted by Crippen LogP contribution is 2.22. The highest BCUT2D eigenvalue weighted by molar-refractivity contribution is 7.91. The normalized spacial score (nSPS) is 21.9. The molecule has 1 saturated heterocycles. The maximum Gasteiger partial charge on any atom is 0.151 e. The van der Waals surface area contributed by atoms with Gasteiger partial charge in [0.2, 0.25) is 0 Å². The lowest BCUT2D eigenvalue weighted by Crippen LogP contribution is -2.37. The molecule has 0 bridgehead atoms. The number of aliphatic hydroxyl groups is 1. The Bertz CT molecular complexity index is 532. The molecule has 0 amide bonds. The van der Waals surface area contributed by atoms with Crippen LogP contribution in [0.5, 0.6) is 0 Å². The first-order valence-electron chi connectivity index (χ1n) is 6.30. The smallest absolute Gasteiger partial charge is 0.151 e. The number of hydrogen-bond acceptors (Lipinski definition) is 4. The molecule has 0 aliphatic carbocycles. The minimum atomic E-state index is -2.92. The van der Waals surface area contributed by atoms with Crippen molar-refractivity contribution in [3.05, 3.63) is 34.9 Å². The number of benzene rings is 1. The van der Waals surface area contributed by atoms with Gasteiger partial charge in [-0.05, 0) is 18.1 Å². The summed E-state index contributed by atoms with van der Waals surface area (Å²) in [5.41, 5.74) is 0.960. The molecular formula is C13H18ClNO3S. The van der Waals surface area contributed by atoms with E-state index in [1.165, 1.54) is 0 Å². The van der Waals surface area contributed by atoms with Crippen LogP contribution in [-0.2, 0) is 16.4 Å². The number of hydrogen-bond donors (Lipinski definition) is 1. The van der Waals surface area contributed by atoms with E-state index in [1.54, 1.807) is 0 Å². The number of halogens is 1. The van der Waals surface area contributed by atoms with Crippen molar-refractivity contribution in [3.8, 4) is 0 Å². The Balaban J connectivity index is 2.11. The standard InChI is InChI=1S/C13H18ClNO3S/c14-13-4-2-1-3-11(13)9-15(6-7-16)12-5-8-19(17,18)10-12/h1-4,12,16H,5-10H2/t12-/m1/s1. The number of sulfone groups is 1. The van der Waals surface area contributed by atoms with E-state index in [2.05, 4.69) is 0 Å². The molecule has 0 spiro atoms. The van der Waals surface area contributed by atoms with Gasteiger partial charge in [-0.25, -0.2) is 8.42 Å².